The highest BCUT2D eigenvalue weighted by atomic mass is 32.2. The van der Waals surface area contributed by atoms with Gasteiger partial charge in [-0.15, -0.1) is 0 Å². The van der Waals surface area contributed by atoms with Gasteiger partial charge in [0, 0.05) is 19.7 Å². The maximum atomic E-state index is 12.0. The molecule has 3 rings (SSSR count). The van der Waals surface area contributed by atoms with E-state index in [-0.39, 0.29) is 11.6 Å². The van der Waals surface area contributed by atoms with E-state index in [0.29, 0.717) is 9.95 Å². The van der Waals surface area contributed by atoms with Crippen LogP contribution in [0.3, 0.4) is 0 Å². The molecular weight excluding hydrogens is 330 g/mol. The molecule has 7 heteroatoms. The molecule has 120 valence electrons. The Labute approximate surface area is 143 Å². The summed E-state index contributed by atoms with van der Waals surface area (Å²) in [5, 5.41) is 6.82. The summed E-state index contributed by atoms with van der Waals surface area (Å²) in [4.78, 5) is 26.6. The molecule has 2 aliphatic rings. The number of allylic oxidation sites excluding steroid dienone is 2. The van der Waals surface area contributed by atoms with Crippen LogP contribution in [0.2, 0.25) is 0 Å². The minimum atomic E-state index is -0.673. The highest BCUT2D eigenvalue weighted by Gasteiger charge is 2.55. The van der Waals surface area contributed by atoms with Crippen molar-refractivity contribution in [1.82, 2.24) is 4.90 Å². The number of carbonyl (C=O) groups is 2. The van der Waals surface area contributed by atoms with Crippen molar-refractivity contribution in [3.8, 4) is 0 Å². The van der Waals surface area contributed by atoms with Crippen molar-refractivity contribution in [2.24, 2.45) is 5.10 Å². The molecule has 0 fully saturated rings. The monoisotopic (exact) mass is 347 g/mol. The van der Waals surface area contributed by atoms with Crippen molar-refractivity contribution in [2.45, 2.75) is 25.1 Å². The Kier molecular flexibility index (Phi) is 4.01. The van der Waals surface area contributed by atoms with Crippen molar-refractivity contribution in [2.75, 3.05) is 12.1 Å². The lowest BCUT2D eigenvalue weighted by molar-refractivity contribution is -0.113. The van der Waals surface area contributed by atoms with Gasteiger partial charge < -0.3 is 4.90 Å². The van der Waals surface area contributed by atoms with E-state index < -0.39 is 4.33 Å². The molecule has 0 unspecified atom stereocenters. The number of hydrogen-bond acceptors (Lipinski definition) is 7. The van der Waals surface area contributed by atoms with Crippen LogP contribution in [-0.2, 0) is 9.59 Å². The van der Waals surface area contributed by atoms with Gasteiger partial charge in [-0.1, -0.05) is 30.0 Å². The zero-order valence-corrected chi connectivity index (χ0v) is 15.0. The van der Waals surface area contributed by atoms with Crippen LogP contribution in [0.5, 0.6) is 0 Å². The van der Waals surface area contributed by atoms with E-state index in [1.807, 2.05) is 54.2 Å². The number of Topliss-reactive ketones (excluding diaryl/α,β-unsaturated/α-hetero) is 2. The maximum Gasteiger partial charge on any atom is 0.241 e. The second-order valence-corrected chi connectivity index (χ2v) is 7.99. The standard InChI is InChI=1S/C16H17N3O2S2/c1-10-14(11(2)20)22-16(18(10)4)19(13-8-6-5-7-9-13)17-15(23-16)12(3)21/h5-9H,1-4H3/t16-/m1/s1. The van der Waals surface area contributed by atoms with Crippen molar-refractivity contribution in [3.05, 3.63) is 40.9 Å². The lowest BCUT2D eigenvalue weighted by Gasteiger charge is -2.39. The quantitative estimate of drug-likeness (QED) is 0.837. The number of carbonyl (C=O) groups excluding carboxylic acids is 2. The number of hydrogen-bond donors (Lipinski definition) is 0. The molecule has 0 saturated carbocycles. The normalized spacial score (nSPS) is 23.7. The molecule has 1 spiro atoms. The van der Waals surface area contributed by atoms with Crippen LogP contribution in [0.15, 0.2) is 46.0 Å². The van der Waals surface area contributed by atoms with Crippen molar-refractivity contribution in [1.29, 1.82) is 0 Å². The summed E-state index contributed by atoms with van der Waals surface area (Å²) in [6.45, 7) is 5.01. The fraction of sp³-hybridized carbons (Fsp3) is 0.312. The predicted molar refractivity (Wildman–Crippen MR) is 96.1 cm³/mol. The van der Waals surface area contributed by atoms with E-state index in [4.69, 9.17) is 0 Å². The zero-order valence-electron chi connectivity index (χ0n) is 13.4. The van der Waals surface area contributed by atoms with Crippen LogP contribution in [-0.4, -0.2) is 32.9 Å². The number of hydrazone groups is 1. The molecule has 2 aliphatic heterocycles. The number of nitrogens with zero attached hydrogens (tertiary/aromatic N) is 3. The number of benzene rings is 1. The van der Waals surface area contributed by atoms with E-state index in [0.717, 1.165) is 11.4 Å². The molecule has 0 amide bonds. The summed E-state index contributed by atoms with van der Waals surface area (Å²) in [5.41, 5.74) is 1.78. The fourth-order valence-electron chi connectivity index (χ4n) is 2.52. The van der Waals surface area contributed by atoms with E-state index in [1.54, 1.807) is 6.92 Å². The maximum absolute atomic E-state index is 12.0. The van der Waals surface area contributed by atoms with E-state index in [2.05, 4.69) is 5.10 Å². The van der Waals surface area contributed by atoms with Crippen molar-refractivity contribution >= 4 is 45.8 Å². The SMILES string of the molecule is CC(=O)C1=NN(c2ccccc2)[C@@]2(S1)SC(C(C)=O)=C(C)N2C. The second kappa shape index (κ2) is 5.72. The number of para-hydroxylation sites is 1. The zero-order chi connectivity index (χ0) is 16.8. The first-order chi connectivity index (χ1) is 10.9. The average Bonchev–Trinajstić information content (AvgIpc) is 3.03. The molecule has 0 radical (unpaired) electrons. The lowest BCUT2D eigenvalue weighted by Crippen LogP contribution is -2.47. The molecule has 1 aromatic carbocycles. The number of rotatable bonds is 3. The summed E-state index contributed by atoms with van der Waals surface area (Å²) >= 11 is 2.83. The molecule has 1 aromatic rings. The third-order valence-electron chi connectivity index (χ3n) is 3.80. The van der Waals surface area contributed by atoms with E-state index in [9.17, 15) is 9.59 Å². The number of anilines is 1. The van der Waals surface area contributed by atoms with Gasteiger partial charge in [-0.25, -0.2) is 5.01 Å². The van der Waals surface area contributed by atoms with Gasteiger partial charge >= 0.3 is 0 Å². The van der Waals surface area contributed by atoms with Crippen LogP contribution >= 0.6 is 23.5 Å². The Bertz CT molecular complexity index is 745. The van der Waals surface area contributed by atoms with Crippen molar-refractivity contribution < 1.29 is 9.59 Å². The number of thioether (sulfide) groups is 2. The summed E-state index contributed by atoms with van der Waals surface area (Å²) < 4.78 is -0.673. The van der Waals surface area contributed by atoms with Crippen LogP contribution in [0.1, 0.15) is 20.8 Å². The van der Waals surface area contributed by atoms with E-state index >= 15 is 0 Å². The Balaban J connectivity index is 2.08. The van der Waals surface area contributed by atoms with Crippen molar-refractivity contribution in [3.63, 3.8) is 0 Å². The van der Waals surface area contributed by atoms with Gasteiger partial charge in [0.1, 0.15) is 0 Å². The Morgan fingerprint density at radius 2 is 1.74 bits per heavy atom. The third kappa shape index (κ3) is 2.48. The molecule has 0 aromatic heterocycles. The minimum Gasteiger partial charge on any atom is -0.335 e. The smallest absolute Gasteiger partial charge is 0.241 e. The first kappa shape index (κ1) is 16.1. The van der Waals surface area contributed by atoms with Gasteiger partial charge in [0.15, 0.2) is 16.6 Å². The molecule has 5 nitrogen and oxygen atoms in total. The first-order valence-electron chi connectivity index (χ1n) is 7.15. The summed E-state index contributed by atoms with van der Waals surface area (Å²) in [6, 6.07) is 9.70. The minimum absolute atomic E-state index is 0.0288. The largest absolute Gasteiger partial charge is 0.335 e. The summed E-state index contributed by atoms with van der Waals surface area (Å²) in [7, 11) is 1.93. The molecule has 0 bridgehead atoms. The topological polar surface area (TPSA) is 53.0 Å². The molecule has 2 heterocycles. The van der Waals surface area contributed by atoms with Crippen LogP contribution < -0.4 is 5.01 Å². The Morgan fingerprint density at radius 3 is 2.26 bits per heavy atom. The van der Waals surface area contributed by atoms with Gasteiger partial charge in [0.05, 0.1) is 10.6 Å². The molecule has 0 N–H and O–H groups in total. The van der Waals surface area contributed by atoms with Gasteiger partial charge in [-0.3, -0.25) is 9.59 Å². The Hall–Kier alpha value is -1.73. The fourth-order valence-corrected chi connectivity index (χ4v) is 5.40. The molecular formula is C16H17N3O2S2. The predicted octanol–water partition coefficient (Wildman–Crippen LogP) is 3.25. The molecule has 0 saturated heterocycles. The lowest BCUT2D eigenvalue weighted by atomic mass is 10.3. The summed E-state index contributed by atoms with van der Waals surface area (Å²) in [5.74, 6) is -0.0446. The molecule has 1 atom stereocenters. The van der Waals surface area contributed by atoms with Gasteiger partial charge in [0.2, 0.25) is 4.33 Å². The highest BCUT2D eigenvalue weighted by molar-refractivity contribution is 8.28. The van der Waals surface area contributed by atoms with Crippen LogP contribution in [0.4, 0.5) is 5.69 Å². The third-order valence-corrected chi connectivity index (χ3v) is 7.08. The molecule has 23 heavy (non-hydrogen) atoms. The van der Waals surface area contributed by atoms with Gasteiger partial charge in [-0.2, -0.15) is 5.10 Å². The average molecular weight is 347 g/mol. The van der Waals surface area contributed by atoms with E-state index in [1.165, 1.54) is 30.4 Å². The van der Waals surface area contributed by atoms with Gasteiger partial charge in [-0.05, 0) is 37.7 Å². The molecule has 0 aliphatic carbocycles. The first-order valence-corrected chi connectivity index (χ1v) is 8.78. The van der Waals surface area contributed by atoms with Crippen LogP contribution in [0.25, 0.3) is 0 Å². The number of ketones is 2. The van der Waals surface area contributed by atoms with Gasteiger partial charge in [0.25, 0.3) is 0 Å². The van der Waals surface area contributed by atoms with Crippen LogP contribution in [0, 0.1) is 0 Å². The summed E-state index contributed by atoms with van der Waals surface area (Å²) in [6.07, 6.45) is 0. The Morgan fingerprint density at radius 1 is 1.09 bits per heavy atom. The highest BCUT2D eigenvalue weighted by Crippen LogP contribution is 2.58. The second-order valence-electron chi connectivity index (χ2n) is 5.39.